The summed E-state index contributed by atoms with van der Waals surface area (Å²) in [4.78, 5) is 35.7. The topological polar surface area (TPSA) is 140 Å². The molecule has 0 radical (unpaired) electrons. The number of anilines is 2. The average Bonchev–Trinajstić information content (AvgIpc) is 3.45. The van der Waals surface area contributed by atoms with Crippen LogP contribution in [0.15, 0.2) is 55.0 Å². The first-order valence-corrected chi connectivity index (χ1v) is 10.1. The van der Waals surface area contributed by atoms with Crippen molar-refractivity contribution in [2.75, 3.05) is 17.2 Å². The molecule has 0 unspecified atom stereocenters. The van der Waals surface area contributed by atoms with Gasteiger partial charge in [0.15, 0.2) is 5.82 Å². The Morgan fingerprint density at radius 1 is 1.12 bits per heavy atom. The van der Waals surface area contributed by atoms with Gasteiger partial charge in [-0.3, -0.25) is 9.59 Å². The molecule has 176 valence electrons. The van der Waals surface area contributed by atoms with Gasteiger partial charge in [0, 0.05) is 37.2 Å². The van der Waals surface area contributed by atoms with Crippen molar-refractivity contribution in [2.24, 2.45) is 5.73 Å². The number of imidazole rings is 1. The Bertz CT molecular complexity index is 1260. The number of amides is 2. The number of hydrogen-bond acceptors (Lipinski definition) is 7. The third-order valence-corrected chi connectivity index (χ3v) is 4.90. The molecule has 0 fully saturated rings. The van der Waals surface area contributed by atoms with Crippen LogP contribution in [0.2, 0.25) is 0 Å². The number of fused-ring (bicyclic) bond motifs is 1. The van der Waals surface area contributed by atoms with Gasteiger partial charge in [-0.25, -0.2) is 15.0 Å². The maximum atomic E-state index is 13.0. The second-order valence-corrected chi connectivity index (χ2v) is 7.30. The summed E-state index contributed by atoms with van der Waals surface area (Å²) in [6, 6.07) is 5.41. The number of benzene rings is 1. The first-order chi connectivity index (χ1) is 16.2. The fourth-order valence-corrected chi connectivity index (χ4v) is 3.29. The number of hydrogen-bond donors (Lipinski definition) is 4. The highest BCUT2D eigenvalue weighted by molar-refractivity contribution is 6.20. The normalized spacial score (nSPS) is 14.1. The predicted octanol–water partition coefficient (Wildman–Crippen LogP) is 2.20. The summed E-state index contributed by atoms with van der Waals surface area (Å²) in [5.74, 6) is -1.80. The van der Waals surface area contributed by atoms with Crippen LogP contribution >= 0.6 is 0 Å². The molecule has 3 aromatic rings. The monoisotopic (exact) mass is 472 g/mol. The molecule has 2 aromatic heterocycles. The van der Waals surface area contributed by atoms with Gasteiger partial charge >= 0.3 is 6.18 Å². The van der Waals surface area contributed by atoms with E-state index in [2.05, 4.69) is 30.9 Å². The second kappa shape index (κ2) is 9.21. The Labute approximate surface area is 191 Å². The molecule has 5 N–H and O–H groups in total. The highest BCUT2D eigenvalue weighted by Crippen LogP contribution is 2.34. The smallest absolute Gasteiger partial charge is 0.365 e. The molecule has 0 spiro atoms. The standard InChI is InChI=1S/C21H19F3N8O2/c22-21(23,24)15-4-6-27-18(31-15)16(17(25)33)19-29-13-3-2-12(10-14(13)30-19)20(34)28-5-1-8-32-9-7-26-11-32/h2-4,6-7,9-11,29-30H,1,5,8H2,(H2,25,33)(H,28,34)/b19-16-. The van der Waals surface area contributed by atoms with E-state index in [1.807, 2.05) is 10.8 Å². The summed E-state index contributed by atoms with van der Waals surface area (Å²) in [5, 5.41) is 8.56. The molecule has 0 bridgehead atoms. The zero-order valence-electron chi connectivity index (χ0n) is 17.6. The number of rotatable bonds is 7. The summed E-state index contributed by atoms with van der Waals surface area (Å²) < 4.78 is 41.0. The van der Waals surface area contributed by atoms with Crippen LogP contribution < -0.4 is 21.7 Å². The molecule has 2 amide bonds. The summed E-state index contributed by atoms with van der Waals surface area (Å²) in [7, 11) is 0. The molecule has 1 aliphatic rings. The minimum atomic E-state index is -4.72. The largest absolute Gasteiger partial charge is 0.433 e. The van der Waals surface area contributed by atoms with Crippen LogP contribution in [0.4, 0.5) is 24.5 Å². The van der Waals surface area contributed by atoms with Crippen LogP contribution in [0, 0.1) is 0 Å². The fourth-order valence-electron chi connectivity index (χ4n) is 3.29. The maximum Gasteiger partial charge on any atom is 0.433 e. The van der Waals surface area contributed by atoms with Gasteiger partial charge in [-0.1, -0.05) is 0 Å². The van der Waals surface area contributed by atoms with E-state index in [1.54, 1.807) is 30.7 Å². The Morgan fingerprint density at radius 2 is 1.91 bits per heavy atom. The van der Waals surface area contributed by atoms with Crippen molar-refractivity contribution in [1.29, 1.82) is 0 Å². The van der Waals surface area contributed by atoms with E-state index < -0.39 is 23.6 Å². The first-order valence-electron chi connectivity index (χ1n) is 10.1. The first kappa shape index (κ1) is 22.8. The lowest BCUT2D eigenvalue weighted by molar-refractivity contribution is -0.141. The zero-order valence-corrected chi connectivity index (χ0v) is 17.6. The van der Waals surface area contributed by atoms with Crippen LogP contribution in [0.25, 0.3) is 5.57 Å². The molecule has 34 heavy (non-hydrogen) atoms. The molecule has 1 aromatic carbocycles. The molecular weight excluding hydrogens is 453 g/mol. The van der Waals surface area contributed by atoms with Crippen LogP contribution in [-0.2, 0) is 17.5 Å². The lowest BCUT2D eigenvalue weighted by Gasteiger charge is -2.10. The van der Waals surface area contributed by atoms with Crippen molar-refractivity contribution in [3.8, 4) is 0 Å². The third kappa shape index (κ3) is 4.98. The number of carbonyl (C=O) groups is 2. The van der Waals surface area contributed by atoms with E-state index in [4.69, 9.17) is 5.73 Å². The fraction of sp³-hybridized carbons (Fsp3) is 0.190. The van der Waals surface area contributed by atoms with Gasteiger partial charge in [0.1, 0.15) is 17.1 Å². The molecule has 0 saturated heterocycles. The molecule has 3 heterocycles. The zero-order chi connectivity index (χ0) is 24.3. The van der Waals surface area contributed by atoms with Crippen LogP contribution in [0.5, 0.6) is 0 Å². The molecular formula is C21H19F3N8O2. The number of alkyl halides is 3. The molecule has 1 aliphatic heterocycles. The second-order valence-electron chi connectivity index (χ2n) is 7.30. The third-order valence-electron chi connectivity index (χ3n) is 4.90. The number of aromatic nitrogens is 4. The number of halogens is 3. The quantitative estimate of drug-likeness (QED) is 0.305. The van der Waals surface area contributed by atoms with Gasteiger partial charge in [-0.15, -0.1) is 0 Å². The van der Waals surface area contributed by atoms with Crippen molar-refractivity contribution in [3.63, 3.8) is 0 Å². The Hall–Kier alpha value is -4.42. The SMILES string of the molecule is NC(=O)/C(=C1\Nc2ccc(C(=O)NCCCn3ccnc3)cc2N1)c1nccc(C(F)(F)F)n1. The highest BCUT2D eigenvalue weighted by Gasteiger charge is 2.34. The van der Waals surface area contributed by atoms with Gasteiger partial charge in [-0.05, 0) is 30.7 Å². The van der Waals surface area contributed by atoms with Crippen molar-refractivity contribution in [2.45, 2.75) is 19.1 Å². The Morgan fingerprint density at radius 3 is 2.62 bits per heavy atom. The summed E-state index contributed by atoms with van der Waals surface area (Å²) >= 11 is 0. The highest BCUT2D eigenvalue weighted by atomic mass is 19.4. The number of aryl methyl sites for hydroxylation is 1. The van der Waals surface area contributed by atoms with E-state index >= 15 is 0 Å². The van der Waals surface area contributed by atoms with Crippen molar-refractivity contribution >= 4 is 28.8 Å². The Balaban J connectivity index is 1.49. The lowest BCUT2D eigenvalue weighted by atomic mass is 10.1. The molecule has 4 rings (SSSR count). The Kier molecular flexibility index (Phi) is 6.17. The van der Waals surface area contributed by atoms with E-state index in [1.165, 1.54) is 0 Å². The van der Waals surface area contributed by atoms with E-state index in [0.29, 0.717) is 42.5 Å². The van der Waals surface area contributed by atoms with Gasteiger partial charge in [0.05, 0.1) is 17.7 Å². The maximum absolute atomic E-state index is 13.0. The lowest BCUT2D eigenvalue weighted by Crippen LogP contribution is -2.25. The minimum absolute atomic E-state index is 0.0136. The van der Waals surface area contributed by atoms with E-state index in [-0.39, 0.29) is 17.3 Å². The number of nitrogens with zero attached hydrogens (tertiary/aromatic N) is 4. The summed E-state index contributed by atoms with van der Waals surface area (Å²) in [5.41, 5.74) is 5.14. The molecule has 13 heteroatoms. The van der Waals surface area contributed by atoms with Gasteiger partial charge < -0.3 is 26.3 Å². The van der Waals surface area contributed by atoms with Crippen molar-refractivity contribution < 1.29 is 22.8 Å². The molecule has 0 saturated carbocycles. The minimum Gasteiger partial charge on any atom is -0.365 e. The predicted molar refractivity (Wildman–Crippen MR) is 116 cm³/mol. The summed E-state index contributed by atoms with van der Waals surface area (Å²) in [6.45, 7) is 1.15. The summed E-state index contributed by atoms with van der Waals surface area (Å²) in [6.07, 6.45) is 2.08. The molecule has 0 atom stereocenters. The van der Waals surface area contributed by atoms with Gasteiger partial charge in [0.2, 0.25) is 0 Å². The van der Waals surface area contributed by atoms with Crippen LogP contribution in [0.1, 0.15) is 28.3 Å². The number of nitrogens with two attached hydrogens (primary N) is 1. The number of nitrogens with one attached hydrogen (secondary N) is 3. The van der Waals surface area contributed by atoms with Crippen molar-refractivity contribution in [1.82, 2.24) is 24.8 Å². The van der Waals surface area contributed by atoms with Crippen molar-refractivity contribution in [3.05, 3.63) is 72.1 Å². The molecule has 0 aliphatic carbocycles. The van der Waals surface area contributed by atoms with Gasteiger partial charge in [0.25, 0.3) is 11.8 Å². The average molecular weight is 472 g/mol. The van der Waals surface area contributed by atoms with Crippen LogP contribution in [0.3, 0.4) is 0 Å². The van der Waals surface area contributed by atoms with Crippen LogP contribution in [-0.4, -0.2) is 37.9 Å². The molecule has 10 nitrogen and oxygen atoms in total. The number of primary amides is 1. The number of carbonyl (C=O) groups excluding carboxylic acids is 2. The van der Waals surface area contributed by atoms with E-state index in [0.717, 1.165) is 6.20 Å². The van der Waals surface area contributed by atoms with E-state index in [9.17, 15) is 22.8 Å². The van der Waals surface area contributed by atoms with Gasteiger partial charge in [-0.2, -0.15) is 13.2 Å².